The molecular formula is C21H35IN4O. The third kappa shape index (κ3) is 7.31. The molecule has 5 nitrogen and oxygen atoms in total. The molecular weight excluding hydrogens is 451 g/mol. The number of guanidine groups is 1. The van der Waals surface area contributed by atoms with Gasteiger partial charge in [-0.15, -0.1) is 24.0 Å². The molecule has 0 aromatic heterocycles. The van der Waals surface area contributed by atoms with Crippen LogP contribution in [-0.2, 0) is 11.2 Å². The van der Waals surface area contributed by atoms with E-state index in [0.717, 1.165) is 37.9 Å². The number of hydrogen-bond acceptors (Lipinski definition) is 2. The maximum atomic E-state index is 12.0. The number of nitrogens with zero attached hydrogens (tertiary/aromatic N) is 2. The third-order valence-electron chi connectivity index (χ3n) is 5.08. The molecule has 1 heterocycles. The summed E-state index contributed by atoms with van der Waals surface area (Å²) >= 11 is 0. The highest BCUT2D eigenvalue weighted by Crippen LogP contribution is 2.22. The van der Waals surface area contributed by atoms with Gasteiger partial charge in [0.25, 0.3) is 0 Å². The first-order chi connectivity index (χ1) is 12.5. The van der Waals surface area contributed by atoms with Gasteiger partial charge in [-0.05, 0) is 51.5 Å². The van der Waals surface area contributed by atoms with Crippen LogP contribution in [-0.4, -0.2) is 50.0 Å². The van der Waals surface area contributed by atoms with Gasteiger partial charge in [-0.25, -0.2) is 0 Å². The molecule has 0 bridgehead atoms. The van der Waals surface area contributed by atoms with Crippen molar-refractivity contribution in [3.8, 4) is 0 Å². The first-order valence-corrected chi connectivity index (χ1v) is 9.75. The Bertz CT molecular complexity index is 595. The van der Waals surface area contributed by atoms with Gasteiger partial charge in [0.15, 0.2) is 5.96 Å². The van der Waals surface area contributed by atoms with Crippen LogP contribution in [0.25, 0.3) is 0 Å². The molecule has 2 rings (SSSR count). The lowest BCUT2D eigenvalue weighted by atomic mass is 9.90. The minimum absolute atomic E-state index is 0. The molecule has 0 aliphatic carbocycles. The zero-order valence-corrected chi connectivity index (χ0v) is 19.5. The van der Waals surface area contributed by atoms with Gasteiger partial charge in [-0.3, -0.25) is 9.79 Å². The monoisotopic (exact) mass is 486 g/mol. The second kappa shape index (κ2) is 11.5. The number of amides is 1. The molecule has 0 radical (unpaired) electrons. The zero-order chi connectivity index (χ0) is 19.0. The summed E-state index contributed by atoms with van der Waals surface area (Å²) in [5.74, 6) is 1.69. The van der Waals surface area contributed by atoms with E-state index < -0.39 is 5.41 Å². The van der Waals surface area contributed by atoms with Crippen LogP contribution in [0.1, 0.15) is 39.2 Å². The molecule has 1 aliphatic rings. The number of nitrogens with one attached hydrogen (secondary N) is 2. The van der Waals surface area contributed by atoms with E-state index in [0.29, 0.717) is 6.54 Å². The molecule has 1 saturated heterocycles. The predicted octanol–water partition coefficient (Wildman–Crippen LogP) is 3.30. The summed E-state index contributed by atoms with van der Waals surface area (Å²) < 4.78 is 0. The summed E-state index contributed by atoms with van der Waals surface area (Å²) in [7, 11) is 1.68. The lowest BCUT2D eigenvalue weighted by molar-refractivity contribution is -0.128. The van der Waals surface area contributed by atoms with Crippen LogP contribution in [0.5, 0.6) is 0 Å². The fourth-order valence-corrected chi connectivity index (χ4v) is 3.40. The minimum atomic E-state index is -0.499. The normalized spacial score (nSPS) is 15.9. The van der Waals surface area contributed by atoms with Gasteiger partial charge in [-0.2, -0.15) is 0 Å². The molecule has 1 aromatic rings. The van der Waals surface area contributed by atoms with Gasteiger partial charge in [0.1, 0.15) is 0 Å². The molecule has 152 valence electrons. The van der Waals surface area contributed by atoms with E-state index in [2.05, 4.69) is 52.8 Å². The molecule has 27 heavy (non-hydrogen) atoms. The summed E-state index contributed by atoms with van der Waals surface area (Å²) in [6.45, 7) is 9.31. The second-order valence-electron chi connectivity index (χ2n) is 7.75. The highest BCUT2D eigenvalue weighted by molar-refractivity contribution is 14.0. The topological polar surface area (TPSA) is 56.7 Å². The summed E-state index contributed by atoms with van der Waals surface area (Å²) in [6, 6.07) is 10.8. The average Bonchev–Trinajstić information content (AvgIpc) is 2.66. The Hall–Kier alpha value is -1.31. The number of halogens is 1. The number of carbonyl (C=O) groups excluding carboxylic acids is 1. The van der Waals surface area contributed by atoms with Crippen molar-refractivity contribution in [1.82, 2.24) is 15.5 Å². The molecule has 0 atom stereocenters. The lowest BCUT2D eigenvalue weighted by Crippen LogP contribution is -2.46. The van der Waals surface area contributed by atoms with Gasteiger partial charge < -0.3 is 15.5 Å². The average molecular weight is 486 g/mol. The third-order valence-corrected chi connectivity index (χ3v) is 5.08. The van der Waals surface area contributed by atoms with Gasteiger partial charge >= 0.3 is 0 Å². The fourth-order valence-electron chi connectivity index (χ4n) is 3.40. The highest BCUT2D eigenvalue weighted by Gasteiger charge is 2.27. The van der Waals surface area contributed by atoms with Crippen LogP contribution in [0.2, 0.25) is 0 Å². The van der Waals surface area contributed by atoms with Crippen LogP contribution in [0.4, 0.5) is 0 Å². The number of carbonyl (C=O) groups is 1. The van der Waals surface area contributed by atoms with Gasteiger partial charge in [-0.1, -0.05) is 30.3 Å². The molecule has 1 amide bonds. The van der Waals surface area contributed by atoms with Crippen LogP contribution in [0.3, 0.4) is 0 Å². The van der Waals surface area contributed by atoms with Crippen LogP contribution in [0, 0.1) is 11.3 Å². The van der Waals surface area contributed by atoms with Crippen LogP contribution < -0.4 is 10.6 Å². The number of aliphatic imine (C=N–C) groups is 1. The summed E-state index contributed by atoms with van der Waals surface area (Å²) in [6.07, 6.45) is 3.52. The molecule has 2 N–H and O–H groups in total. The number of likely N-dealkylation sites (tertiary alicyclic amines) is 1. The maximum Gasteiger partial charge on any atom is 0.227 e. The highest BCUT2D eigenvalue weighted by atomic mass is 127. The zero-order valence-electron chi connectivity index (χ0n) is 17.1. The first-order valence-electron chi connectivity index (χ1n) is 9.75. The molecule has 1 aliphatic heterocycles. The molecule has 1 aromatic carbocycles. The van der Waals surface area contributed by atoms with E-state index in [9.17, 15) is 4.79 Å². The summed E-state index contributed by atoms with van der Waals surface area (Å²) in [5, 5.41) is 6.12. The Balaban J connectivity index is 0.00000364. The van der Waals surface area contributed by atoms with E-state index in [-0.39, 0.29) is 29.9 Å². The van der Waals surface area contributed by atoms with E-state index in [1.807, 2.05) is 13.8 Å². The standard InChI is InChI=1S/C21H34N4O.HI/c1-5-23-20(24-16-21(2,3)19(26)22-4)25-13-11-18(12-14-25)15-17-9-7-6-8-10-17;/h6-10,18H,5,11-16H2,1-4H3,(H,22,26)(H,23,24);1H. The van der Waals surface area contributed by atoms with Crippen molar-refractivity contribution in [2.45, 2.75) is 40.0 Å². The molecule has 6 heteroatoms. The molecule has 0 spiro atoms. The van der Waals surface area contributed by atoms with E-state index >= 15 is 0 Å². The number of benzene rings is 1. The van der Waals surface area contributed by atoms with Crippen LogP contribution in [0.15, 0.2) is 35.3 Å². The molecule has 1 fully saturated rings. The summed E-state index contributed by atoms with van der Waals surface area (Å²) in [4.78, 5) is 19.1. The van der Waals surface area contributed by atoms with E-state index in [1.165, 1.54) is 18.4 Å². The smallest absolute Gasteiger partial charge is 0.227 e. The molecule has 0 saturated carbocycles. The first kappa shape index (κ1) is 23.7. The largest absolute Gasteiger partial charge is 0.359 e. The lowest BCUT2D eigenvalue weighted by Gasteiger charge is -2.35. The Morgan fingerprint density at radius 2 is 1.85 bits per heavy atom. The van der Waals surface area contributed by atoms with Crippen LogP contribution >= 0.6 is 24.0 Å². The van der Waals surface area contributed by atoms with Crippen molar-refractivity contribution >= 4 is 35.8 Å². The predicted molar refractivity (Wildman–Crippen MR) is 124 cm³/mol. The number of rotatable bonds is 6. The van der Waals surface area contributed by atoms with Gasteiger partial charge in [0.05, 0.1) is 12.0 Å². The van der Waals surface area contributed by atoms with Crippen molar-refractivity contribution in [3.63, 3.8) is 0 Å². The van der Waals surface area contributed by atoms with Crippen molar-refractivity contribution < 1.29 is 4.79 Å². The Morgan fingerprint density at radius 1 is 1.22 bits per heavy atom. The number of piperidine rings is 1. The van der Waals surface area contributed by atoms with Gasteiger partial charge in [0.2, 0.25) is 5.91 Å². The quantitative estimate of drug-likeness (QED) is 0.369. The minimum Gasteiger partial charge on any atom is -0.359 e. The van der Waals surface area contributed by atoms with E-state index in [4.69, 9.17) is 4.99 Å². The Morgan fingerprint density at radius 3 is 2.41 bits per heavy atom. The maximum absolute atomic E-state index is 12.0. The van der Waals surface area contributed by atoms with E-state index in [1.54, 1.807) is 7.05 Å². The SMILES string of the molecule is CCNC(=NCC(C)(C)C(=O)NC)N1CCC(Cc2ccccc2)CC1.I. The van der Waals surface area contributed by atoms with Crippen molar-refractivity contribution in [1.29, 1.82) is 0 Å². The fraction of sp³-hybridized carbons (Fsp3) is 0.619. The second-order valence-corrected chi connectivity index (χ2v) is 7.75. The number of hydrogen-bond donors (Lipinski definition) is 2. The Labute approximate surface area is 181 Å². The van der Waals surface area contributed by atoms with Crippen molar-refractivity contribution in [2.75, 3.05) is 33.2 Å². The molecule has 0 unspecified atom stereocenters. The Kier molecular flexibility index (Phi) is 10.1. The van der Waals surface area contributed by atoms with Crippen molar-refractivity contribution in [2.24, 2.45) is 16.3 Å². The van der Waals surface area contributed by atoms with Gasteiger partial charge in [0, 0.05) is 26.7 Å². The van der Waals surface area contributed by atoms with Crippen molar-refractivity contribution in [3.05, 3.63) is 35.9 Å². The summed E-state index contributed by atoms with van der Waals surface area (Å²) in [5.41, 5.74) is 0.931.